The summed E-state index contributed by atoms with van der Waals surface area (Å²) in [5, 5.41) is 13.3. The molecular formula is C21H25N5O2S. The van der Waals surface area contributed by atoms with E-state index in [-0.39, 0.29) is 5.91 Å². The number of aryl methyl sites for hydroxylation is 1. The Hall–Kier alpha value is -2.55. The highest BCUT2D eigenvalue weighted by atomic mass is 32.1. The van der Waals surface area contributed by atoms with E-state index in [0.717, 1.165) is 48.7 Å². The molecule has 3 aromatic rings. The predicted molar refractivity (Wildman–Crippen MR) is 114 cm³/mol. The second kappa shape index (κ2) is 9.30. The van der Waals surface area contributed by atoms with E-state index in [9.17, 15) is 4.79 Å². The normalized spacial score (nSPS) is 15.5. The molecule has 0 saturated carbocycles. The van der Waals surface area contributed by atoms with Crippen molar-refractivity contribution in [2.24, 2.45) is 0 Å². The maximum absolute atomic E-state index is 12.4. The Morgan fingerprint density at radius 3 is 2.66 bits per heavy atom. The van der Waals surface area contributed by atoms with Gasteiger partial charge in [0.15, 0.2) is 0 Å². The second-order valence-corrected chi connectivity index (χ2v) is 8.04. The van der Waals surface area contributed by atoms with Gasteiger partial charge in [0.05, 0.1) is 18.0 Å². The van der Waals surface area contributed by atoms with Crippen LogP contribution in [0.2, 0.25) is 0 Å². The number of rotatable bonds is 7. The highest BCUT2D eigenvalue weighted by Crippen LogP contribution is 2.23. The molecule has 0 bridgehead atoms. The van der Waals surface area contributed by atoms with E-state index in [0.29, 0.717) is 24.9 Å². The number of nitrogens with zero attached hydrogens (tertiary/aromatic N) is 4. The van der Waals surface area contributed by atoms with Crippen molar-refractivity contribution in [3.63, 3.8) is 0 Å². The number of piperazine rings is 1. The van der Waals surface area contributed by atoms with Gasteiger partial charge in [0.25, 0.3) is 5.89 Å². The van der Waals surface area contributed by atoms with Gasteiger partial charge < -0.3 is 9.73 Å². The molecule has 2 aromatic heterocycles. The lowest BCUT2D eigenvalue weighted by Gasteiger charge is -2.33. The average molecular weight is 412 g/mol. The van der Waals surface area contributed by atoms with Crippen molar-refractivity contribution in [3.8, 4) is 10.8 Å². The molecule has 7 nitrogen and oxygen atoms in total. The monoisotopic (exact) mass is 411 g/mol. The van der Waals surface area contributed by atoms with Gasteiger partial charge in [-0.1, -0.05) is 31.2 Å². The van der Waals surface area contributed by atoms with Crippen LogP contribution in [-0.4, -0.2) is 58.6 Å². The summed E-state index contributed by atoms with van der Waals surface area (Å²) in [4.78, 5) is 17.9. The number of aromatic nitrogens is 2. The molecule has 3 heterocycles. The standard InChI is InChI=1S/C21H25N5O2S/c1-2-16-6-3-4-7-17(16)22-19(27)14-25-9-11-26(12-10-25)15-20-23-24-21(28-20)18-8-5-13-29-18/h3-8,13H,2,9-12,14-15H2,1H3,(H,22,27). The Morgan fingerprint density at radius 2 is 1.90 bits per heavy atom. The van der Waals surface area contributed by atoms with Crippen molar-refractivity contribution in [3.05, 3.63) is 53.2 Å². The molecule has 29 heavy (non-hydrogen) atoms. The van der Waals surface area contributed by atoms with Crippen LogP contribution in [0.15, 0.2) is 46.2 Å². The molecule has 0 spiro atoms. The van der Waals surface area contributed by atoms with Crippen LogP contribution in [-0.2, 0) is 17.8 Å². The molecule has 1 amide bonds. The zero-order chi connectivity index (χ0) is 20.1. The van der Waals surface area contributed by atoms with Crippen molar-refractivity contribution in [2.45, 2.75) is 19.9 Å². The zero-order valence-corrected chi connectivity index (χ0v) is 17.3. The molecule has 1 N–H and O–H groups in total. The van der Waals surface area contributed by atoms with Crippen LogP contribution in [0.25, 0.3) is 10.8 Å². The number of para-hydroxylation sites is 1. The largest absolute Gasteiger partial charge is 0.419 e. The van der Waals surface area contributed by atoms with Gasteiger partial charge in [0, 0.05) is 31.9 Å². The average Bonchev–Trinajstić information content (AvgIpc) is 3.42. The first kappa shape index (κ1) is 19.8. The fourth-order valence-corrected chi connectivity index (χ4v) is 4.10. The van der Waals surface area contributed by atoms with E-state index in [1.807, 2.05) is 35.7 Å². The third-order valence-electron chi connectivity index (χ3n) is 5.06. The van der Waals surface area contributed by atoms with E-state index in [1.165, 1.54) is 0 Å². The van der Waals surface area contributed by atoms with Crippen LogP contribution in [0.4, 0.5) is 5.69 Å². The summed E-state index contributed by atoms with van der Waals surface area (Å²) in [7, 11) is 0. The molecule has 0 unspecified atom stereocenters. The van der Waals surface area contributed by atoms with Gasteiger partial charge in [-0.2, -0.15) is 0 Å². The quantitative estimate of drug-likeness (QED) is 0.644. The van der Waals surface area contributed by atoms with E-state index in [4.69, 9.17) is 4.42 Å². The third-order valence-corrected chi connectivity index (χ3v) is 5.92. The topological polar surface area (TPSA) is 74.5 Å². The Labute approximate surface area is 174 Å². The molecule has 1 saturated heterocycles. The number of thiophene rings is 1. The van der Waals surface area contributed by atoms with Crippen molar-refractivity contribution >= 4 is 22.9 Å². The number of nitrogens with one attached hydrogen (secondary N) is 1. The van der Waals surface area contributed by atoms with E-state index in [1.54, 1.807) is 11.3 Å². The maximum atomic E-state index is 12.4. The first-order valence-electron chi connectivity index (χ1n) is 9.90. The molecule has 4 rings (SSSR count). The van der Waals surface area contributed by atoms with Gasteiger partial charge in [-0.25, -0.2) is 0 Å². The summed E-state index contributed by atoms with van der Waals surface area (Å²) in [6, 6.07) is 11.9. The van der Waals surface area contributed by atoms with Gasteiger partial charge in [-0.3, -0.25) is 14.6 Å². The van der Waals surface area contributed by atoms with Crippen LogP contribution in [0.1, 0.15) is 18.4 Å². The molecule has 1 fully saturated rings. The minimum atomic E-state index is 0.0387. The van der Waals surface area contributed by atoms with E-state index >= 15 is 0 Å². The molecular weight excluding hydrogens is 386 g/mol. The Bertz CT molecular complexity index is 932. The predicted octanol–water partition coefficient (Wildman–Crippen LogP) is 3.12. The number of anilines is 1. The van der Waals surface area contributed by atoms with Crippen LogP contribution >= 0.6 is 11.3 Å². The number of hydrogen-bond acceptors (Lipinski definition) is 7. The summed E-state index contributed by atoms with van der Waals surface area (Å²) in [5.41, 5.74) is 2.07. The summed E-state index contributed by atoms with van der Waals surface area (Å²) >= 11 is 1.59. The van der Waals surface area contributed by atoms with Gasteiger partial charge >= 0.3 is 0 Å². The molecule has 1 aromatic carbocycles. The van der Waals surface area contributed by atoms with Crippen molar-refractivity contribution < 1.29 is 9.21 Å². The lowest BCUT2D eigenvalue weighted by molar-refractivity contribution is -0.117. The maximum Gasteiger partial charge on any atom is 0.257 e. The van der Waals surface area contributed by atoms with Gasteiger partial charge in [0.2, 0.25) is 11.8 Å². The molecule has 1 aliphatic rings. The van der Waals surface area contributed by atoms with Crippen molar-refractivity contribution in [2.75, 3.05) is 38.0 Å². The molecule has 0 atom stereocenters. The molecule has 1 aliphatic heterocycles. The first-order valence-corrected chi connectivity index (χ1v) is 10.8. The third kappa shape index (κ3) is 5.09. The van der Waals surface area contributed by atoms with Gasteiger partial charge in [0.1, 0.15) is 0 Å². The minimum absolute atomic E-state index is 0.0387. The fourth-order valence-electron chi connectivity index (χ4n) is 3.46. The lowest BCUT2D eigenvalue weighted by Crippen LogP contribution is -2.48. The van der Waals surface area contributed by atoms with Crippen molar-refractivity contribution in [1.29, 1.82) is 0 Å². The number of carbonyl (C=O) groups excluding carboxylic acids is 1. The van der Waals surface area contributed by atoms with Crippen LogP contribution in [0.3, 0.4) is 0 Å². The molecule has 0 radical (unpaired) electrons. The van der Waals surface area contributed by atoms with E-state index in [2.05, 4.69) is 38.3 Å². The van der Waals surface area contributed by atoms with Crippen molar-refractivity contribution in [1.82, 2.24) is 20.0 Å². The zero-order valence-electron chi connectivity index (χ0n) is 16.5. The highest BCUT2D eigenvalue weighted by molar-refractivity contribution is 7.13. The van der Waals surface area contributed by atoms with Gasteiger partial charge in [-0.15, -0.1) is 21.5 Å². The molecule has 152 valence electrons. The van der Waals surface area contributed by atoms with Crippen LogP contribution in [0, 0.1) is 0 Å². The Kier molecular flexibility index (Phi) is 6.33. The molecule has 8 heteroatoms. The summed E-state index contributed by atoms with van der Waals surface area (Å²) in [5.74, 6) is 1.25. The van der Waals surface area contributed by atoms with Gasteiger partial charge in [-0.05, 0) is 29.5 Å². The number of carbonyl (C=O) groups is 1. The second-order valence-electron chi connectivity index (χ2n) is 7.09. The summed E-state index contributed by atoms with van der Waals surface area (Å²) < 4.78 is 5.78. The number of hydrogen-bond donors (Lipinski definition) is 1. The molecule has 0 aliphatic carbocycles. The highest BCUT2D eigenvalue weighted by Gasteiger charge is 2.21. The van der Waals surface area contributed by atoms with Crippen LogP contribution < -0.4 is 5.32 Å². The first-order chi connectivity index (χ1) is 14.2. The summed E-state index contributed by atoms with van der Waals surface area (Å²) in [6.07, 6.45) is 0.902. The number of amides is 1. The smallest absolute Gasteiger partial charge is 0.257 e. The fraction of sp³-hybridized carbons (Fsp3) is 0.381. The lowest BCUT2D eigenvalue weighted by atomic mass is 10.1. The number of benzene rings is 1. The Morgan fingerprint density at radius 1 is 1.10 bits per heavy atom. The SMILES string of the molecule is CCc1ccccc1NC(=O)CN1CCN(Cc2nnc(-c3cccs3)o2)CC1. The van der Waals surface area contributed by atoms with Crippen LogP contribution in [0.5, 0.6) is 0 Å². The Balaban J connectivity index is 1.24. The minimum Gasteiger partial charge on any atom is -0.419 e. The summed E-state index contributed by atoms with van der Waals surface area (Å²) in [6.45, 7) is 6.57. The van der Waals surface area contributed by atoms with E-state index < -0.39 is 0 Å².